The maximum atomic E-state index is 13.3. The zero-order chi connectivity index (χ0) is 21.4. The second-order valence-corrected chi connectivity index (χ2v) is 8.69. The summed E-state index contributed by atoms with van der Waals surface area (Å²) in [5.74, 6) is 0.479. The molecule has 0 atom stereocenters. The number of hydrogen-bond donors (Lipinski definition) is 1. The highest BCUT2D eigenvalue weighted by molar-refractivity contribution is 7.71. The lowest BCUT2D eigenvalue weighted by Gasteiger charge is -2.23. The van der Waals surface area contributed by atoms with Gasteiger partial charge in [-0.15, -0.1) is 0 Å². The Morgan fingerprint density at radius 1 is 1.20 bits per heavy atom. The minimum Gasteiger partial charge on any atom is -0.332 e. The standard InChI is InChI=1S/C24H27N3O2S/c1-4-26-23(29)20-12-9-18(13-21(20)25-24(26)30)22(28)27(19-10-11-19)14-16-5-7-17(8-6-16)15(2)3/h5-9,12-13,15,19H,4,10-11,14H2,1-3H3,(H,25,30). The Bertz CT molecular complexity index is 1200. The number of fused-ring (bicyclic) bond motifs is 1. The smallest absolute Gasteiger partial charge is 0.262 e. The zero-order valence-electron chi connectivity index (χ0n) is 17.6. The minimum absolute atomic E-state index is 0.00803. The lowest BCUT2D eigenvalue weighted by molar-refractivity contribution is 0.0730. The molecule has 156 valence electrons. The van der Waals surface area contributed by atoms with Crippen LogP contribution in [0, 0.1) is 4.77 Å². The van der Waals surface area contributed by atoms with Crippen LogP contribution in [0.15, 0.2) is 47.3 Å². The van der Waals surface area contributed by atoms with E-state index in [1.807, 2.05) is 11.8 Å². The van der Waals surface area contributed by atoms with Crippen LogP contribution in [0.3, 0.4) is 0 Å². The molecule has 1 N–H and O–H groups in total. The Morgan fingerprint density at radius 3 is 2.50 bits per heavy atom. The van der Waals surface area contributed by atoms with Gasteiger partial charge in [-0.2, -0.15) is 0 Å². The van der Waals surface area contributed by atoms with E-state index in [2.05, 4.69) is 43.1 Å². The maximum Gasteiger partial charge on any atom is 0.262 e. The van der Waals surface area contributed by atoms with Gasteiger partial charge in [0.05, 0.1) is 10.9 Å². The van der Waals surface area contributed by atoms with E-state index in [9.17, 15) is 9.59 Å². The third kappa shape index (κ3) is 3.97. The van der Waals surface area contributed by atoms with Crippen molar-refractivity contribution in [1.82, 2.24) is 14.5 Å². The number of aromatic nitrogens is 2. The van der Waals surface area contributed by atoms with Gasteiger partial charge in [0.2, 0.25) is 0 Å². The van der Waals surface area contributed by atoms with Crippen LogP contribution in [-0.2, 0) is 13.1 Å². The van der Waals surface area contributed by atoms with Gasteiger partial charge < -0.3 is 9.88 Å². The summed E-state index contributed by atoms with van der Waals surface area (Å²) in [7, 11) is 0. The van der Waals surface area contributed by atoms with E-state index in [4.69, 9.17) is 12.2 Å². The molecular weight excluding hydrogens is 394 g/mol. The number of nitrogens with one attached hydrogen (secondary N) is 1. The van der Waals surface area contributed by atoms with Gasteiger partial charge in [0.25, 0.3) is 11.5 Å². The molecule has 30 heavy (non-hydrogen) atoms. The lowest BCUT2D eigenvalue weighted by atomic mass is 10.0. The van der Waals surface area contributed by atoms with Crippen LogP contribution in [0.5, 0.6) is 0 Å². The summed E-state index contributed by atoms with van der Waals surface area (Å²) in [6.45, 7) is 7.34. The van der Waals surface area contributed by atoms with Gasteiger partial charge in [0, 0.05) is 24.7 Å². The van der Waals surface area contributed by atoms with E-state index < -0.39 is 0 Å². The first-order chi connectivity index (χ1) is 14.4. The molecule has 0 aliphatic heterocycles. The van der Waals surface area contributed by atoms with E-state index in [0.29, 0.717) is 40.2 Å². The van der Waals surface area contributed by atoms with E-state index in [0.717, 1.165) is 18.4 Å². The predicted molar refractivity (Wildman–Crippen MR) is 122 cm³/mol. The van der Waals surface area contributed by atoms with Crippen molar-refractivity contribution in [2.45, 2.75) is 58.7 Å². The third-order valence-electron chi connectivity index (χ3n) is 5.79. The quantitative estimate of drug-likeness (QED) is 0.570. The van der Waals surface area contributed by atoms with Crippen molar-refractivity contribution in [1.29, 1.82) is 0 Å². The number of benzene rings is 2. The number of carbonyl (C=O) groups is 1. The number of aromatic amines is 1. The highest BCUT2D eigenvalue weighted by atomic mass is 32.1. The molecule has 3 aromatic rings. The number of hydrogen-bond acceptors (Lipinski definition) is 3. The molecule has 1 saturated carbocycles. The average Bonchev–Trinajstić information content (AvgIpc) is 3.57. The fourth-order valence-corrected chi connectivity index (χ4v) is 4.12. The first-order valence-corrected chi connectivity index (χ1v) is 11.0. The van der Waals surface area contributed by atoms with Gasteiger partial charge in [-0.25, -0.2) is 0 Å². The number of nitrogens with zero attached hydrogens (tertiary/aromatic N) is 2. The minimum atomic E-state index is -0.125. The van der Waals surface area contributed by atoms with Crippen molar-refractivity contribution in [3.8, 4) is 0 Å². The summed E-state index contributed by atoms with van der Waals surface area (Å²) in [5.41, 5.74) is 3.49. The molecule has 2 aromatic carbocycles. The van der Waals surface area contributed by atoms with Crippen LogP contribution < -0.4 is 5.56 Å². The number of carbonyl (C=O) groups excluding carboxylic acids is 1. The van der Waals surface area contributed by atoms with Gasteiger partial charge in [0.1, 0.15) is 0 Å². The molecular formula is C24H27N3O2S. The van der Waals surface area contributed by atoms with E-state index in [-0.39, 0.29) is 17.5 Å². The molecule has 0 spiro atoms. The molecule has 0 radical (unpaired) electrons. The molecule has 4 rings (SSSR count). The molecule has 6 heteroatoms. The molecule has 1 amide bonds. The summed E-state index contributed by atoms with van der Waals surface area (Å²) in [6.07, 6.45) is 2.07. The van der Waals surface area contributed by atoms with Crippen molar-refractivity contribution in [3.05, 3.63) is 74.3 Å². The van der Waals surface area contributed by atoms with E-state index >= 15 is 0 Å². The molecule has 0 unspecified atom stereocenters. The monoisotopic (exact) mass is 421 g/mol. The highest BCUT2D eigenvalue weighted by Crippen LogP contribution is 2.30. The summed E-state index contributed by atoms with van der Waals surface area (Å²) < 4.78 is 1.90. The predicted octanol–water partition coefficient (Wildman–Crippen LogP) is 5.01. The molecule has 5 nitrogen and oxygen atoms in total. The van der Waals surface area contributed by atoms with Gasteiger partial charge >= 0.3 is 0 Å². The molecule has 1 heterocycles. The zero-order valence-corrected chi connectivity index (χ0v) is 18.5. The van der Waals surface area contributed by atoms with Crippen LogP contribution in [0.4, 0.5) is 0 Å². The van der Waals surface area contributed by atoms with Crippen LogP contribution in [0.25, 0.3) is 10.9 Å². The molecule has 1 aromatic heterocycles. The van der Waals surface area contributed by atoms with Gasteiger partial charge in [-0.3, -0.25) is 14.2 Å². The number of H-pyrrole nitrogens is 1. The van der Waals surface area contributed by atoms with Crippen molar-refractivity contribution in [2.75, 3.05) is 0 Å². The van der Waals surface area contributed by atoms with Gasteiger partial charge in [0.15, 0.2) is 4.77 Å². The Kier molecular flexibility index (Phi) is 5.60. The highest BCUT2D eigenvalue weighted by Gasteiger charge is 2.33. The maximum absolute atomic E-state index is 13.3. The Labute approximate surface area is 181 Å². The van der Waals surface area contributed by atoms with Gasteiger partial charge in [-0.1, -0.05) is 38.1 Å². The van der Waals surface area contributed by atoms with Crippen molar-refractivity contribution < 1.29 is 4.79 Å². The molecule has 0 bridgehead atoms. The van der Waals surface area contributed by atoms with Crippen molar-refractivity contribution >= 4 is 29.0 Å². The topological polar surface area (TPSA) is 58.1 Å². The first kappa shape index (κ1) is 20.5. The molecule has 1 aliphatic carbocycles. The molecule has 1 fully saturated rings. The second-order valence-electron chi connectivity index (χ2n) is 8.30. The normalized spacial score (nSPS) is 13.7. The fourth-order valence-electron chi connectivity index (χ4n) is 3.80. The number of amides is 1. The SMILES string of the molecule is CCn1c(=S)[nH]c2cc(C(=O)N(Cc3ccc(C(C)C)cc3)C3CC3)ccc2c1=O. The summed E-state index contributed by atoms with van der Waals surface area (Å²) >= 11 is 5.31. The van der Waals surface area contributed by atoms with Crippen LogP contribution >= 0.6 is 12.2 Å². The summed E-state index contributed by atoms with van der Waals surface area (Å²) in [5, 5.41) is 0.546. The Balaban J connectivity index is 1.64. The Hall–Kier alpha value is -2.73. The van der Waals surface area contributed by atoms with E-state index in [1.165, 1.54) is 10.1 Å². The summed E-state index contributed by atoms with van der Waals surface area (Å²) in [4.78, 5) is 31.0. The third-order valence-corrected chi connectivity index (χ3v) is 6.12. The second kappa shape index (κ2) is 8.19. The largest absolute Gasteiger partial charge is 0.332 e. The van der Waals surface area contributed by atoms with Gasteiger partial charge in [-0.05, 0) is 67.2 Å². The first-order valence-electron chi connectivity index (χ1n) is 10.6. The number of rotatable bonds is 6. The molecule has 1 aliphatic rings. The lowest BCUT2D eigenvalue weighted by Crippen LogP contribution is -2.32. The van der Waals surface area contributed by atoms with Crippen molar-refractivity contribution in [3.63, 3.8) is 0 Å². The van der Waals surface area contributed by atoms with Crippen LogP contribution in [-0.4, -0.2) is 26.4 Å². The van der Waals surface area contributed by atoms with E-state index in [1.54, 1.807) is 18.2 Å². The Morgan fingerprint density at radius 2 is 1.90 bits per heavy atom. The van der Waals surface area contributed by atoms with Crippen molar-refractivity contribution in [2.24, 2.45) is 0 Å². The molecule has 0 saturated heterocycles. The fraction of sp³-hybridized carbons (Fsp3) is 0.375. The average molecular weight is 422 g/mol. The van der Waals surface area contributed by atoms with Crippen LogP contribution in [0.2, 0.25) is 0 Å². The summed E-state index contributed by atoms with van der Waals surface area (Å²) in [6, 6.07) is 14.0. The van der Waals surface area contributed by atoms with Crippen LogP contribution in [0.1, 0.15) is 61.0 Å².